The second-order valence-electron chi connectivity index (χ2n) is 3.46. The minimum atomic E-state index is -0.462. The highest BCUT2D eigenvalue weighted by Gasteiger charge is 2.10. The lowest BCUT2D eigenvalue weighted by atomic mass is 10.0. The third-order valence-electron chi connectivity index (χ3n) is 2.30. The first-order chi connectivity index (χ1) is 7.29. The third kappa shape index (κ3) is 3.63. The van der Waals surface area contributed by atoms with Crippen LogP contribution < -0.4 is 5.32 Å². The molecule has 0 aliphatic carbocycles. The molecule has 0 aromatic heterocycles. The molecule has 0 heterocycles. The summed E-state index contributed by atoms with van der Waals surface area (Å²) in [5, 5.41) is 13.1. The van der Waals surface area contributed by atoms with Gasteiger partial charge in [-0.1, -0.05) is 31.2 Å². The lowest BCUT2D eigenvalue weighted by Crippen LogP contribution is -2.21. The van der Waals surface area contributed by atoms with Gasteiger partial charge in [-0.25, -0.2) is 0 Å². The molecule has 1 rings (SSSR count). The number of ether oxygens (including phenoxy) is 1. The molecule has 2 N–H and O–H groups in total. The van der Waals surface area contributed by atoms with Gasteiger partial charge in [0.2, 0.25) is 0 Å². The Balaban J connectivity index is 2.72. The van der Waals surface area contributed by atoms with Gasteiger partial charge in [0, 0.05) is 13.7 Å². The number of likely N-dealkylation sites (N-methyl/N-ethyl adjacent to an activating group) is 1. The van der Waals surface area contributed by atoms with Crippen LogP contribution in [0.25, 0.3) is 0 Å². The molecule has 0 amide bonds. The summed E-state index contributed by atoms with van der Waals surface area (Å²) in [6.07, 6.45) is -0.462. The fraction of sp³-hybridized carbons (Fsp3) is 0.500. The van der Waals surface area contributed by atoms with E-state index in [0.29, 0.717) is 13.2 Å². The van der Waals surface area contributed by atoms with Crippen LogP contribution in [0.15, 0.2) is 24.3 Å². The van der Waals surface area contributed by atoms with Gasteiger partial charge in [-0.3, -0.25) is 0 Å². The molecule has 1 unspecified atom stereocenters. The minimum absolute atomic E-state index is 0.462. The zero-order chi connectivity index (χ0) is 11.1. The molecule has 3 nitrogen and oxygen atoms in total. The van der Waals surface area contributed by atoms with E-state index in [-0.39, 0.29) is 0 Å². The van der Waals surface area contributed by atoms with Crippen molar-refractivity contribution in [3.8, 4) is 0 Å². The van der Waals surface area contributed by atoms with E-state index in [9.17, 15) is 5.11 Å². The van der Waals surface area contributed by atoms with Gasteiger partial charge in [0.15, 0.2) is 0 Å². The van der Waals surface area contributed by atoms with Crippen molar-refractivity contribution < 1.29 is 9.84 Å². The van der Waals surface area contributed by atoms with E-state index >= 15 is 0 Å². The summed E-state index contributed by atoms with van der Waals surface area (Å²) in [6.45, 7) is 4.01. The molecule has 0 saturated carbocycles. The van der Waals surface area contributed by atoms with Gasteiger partial charge in [0.1, 0.15) is 0 Å². The smallest absolute Gasteiger partial charge is 0.0917 e. The predicted octanol–water partition coefficient (Wildman–Crippen LogP) is 1.48. The van der Waals surface area contributed by atoms with Gasteiger partial charge in [-0.05, 0) is 17.7 Å². The van der Waals surface area contributed by atoms with Crippen molar-refractivity contribution in [2.75, 3.05) is 20.2 Å². The summed E-state index contributed by atoms with van der Waals surface area (Å²) in [5.74, 6) is 0. The summed E-state index contributed by atoms with van der Waals surface area (Å²) >= 11 is 0. The maximum atomic E-state index is 9.94. The van der Waals surface area contributed by atoms with Gasteiger partial charge < -0.3 is 15.2 Å². The van der Waals surface area contributed by atoms with E-state index in [1.165, 1.54) is 0 Å². The molecule has 0 radical (unpaired) electrons. The standard InChI is InChI=1S/C12H19NO2/c1-3-13-8-12(14)11-7-5-4-6-10(11)9-15-2/h4-7,12-14H,3,8-9H2,1-2H3. The summed E-state index contributed by atoms with van der Waals surface area (Å²) in [7, 11) is 1.66. The molecule has 3 heteroatoms. The molecular formula is C12H19NO2. The van der Waals surface area contributed by atoms with E-state index < -0.39 is 6.10 Å². The van der Waals surface area contributed by atoms with Crippen LogP contribution in [0.5, 0.6) is 0 Å². The molecule has 0 aliphatic rings. The average Bonchev–Trinajstić information content (AvgIpc) is 2.27. The Morgan fingerprint density at radius 3 is 2.80 bits per heavy atom. The second kappa shape index (κ2) is 6.56. The lowest BCUT2D eigenvalue weighted by molar-refractivity contribution is 0.160. The molecule has 84 valence electrons. The highest BCUT2D eigenvalue weighted by molar-refractivity contribution is 5.28. The summed E-state index contributed by atoms with van der Waals surface area (Å²) < 4.78 is 5.09. The zero-order valence-corrected chi connectivity index (χ0v) is 9.36. The Hall–Kier alpha value is -0.900. The van der Waals surface area contributed by atoms with Crippen molar-refractivity contribution in [1.29, 1.82) is 0 Å². The van der Waals surface area contributed by atoms with Gasteiger partial charge in [0.25, 0.3) is 0 Å². The molecule has 0 spiro atoms. The first kappa shape index (κ1) is 12.2. The first-order valence-electron chi connectivity index (χ1n) is 5.25. The maximum absolute atomic E-state index is 9.94. The highest BCUT2D eigenvalue weighted by atomic mass is 16.5. The van der Waals surface area contributed by atoms with Crippen LogP contribution in [0, 0.1) is 0 Å². The number of benzene rings is 1. The fourth-order valence-electron chi connectivity index (χ4n) is 1.54. The first-order valence-corrected chi connectivity index (χ1v) is 5.25. The second-order valence-corrected chi connectivity index (χ2v) is 3.46. The molecule has 15 heavy (non-hydrogen) atoms. The quantitative estimate of drug-likeness (QED) is 0.745. The van der Waals surface area contributed by atoms with Crippen molar-refractivity contribution >= 4 is 0 Å². The molecule has 0 aliphatic heterocycles. The van der Waals surface area contributed by atoms with Crippen molar-refractivity contribution in [3.63, 3.8) is 0 Å². The Morgan fingerprint density at radius 2 is 2.13 bits per heavy atom. The highest BCUT2D eigenvalue weighted by Crippen LogP contribution is 2.17. The van der Waals surface area contributed by atoms with Crippen LogP contribution in [0.3, 0.4) is 0 Å². The van der Waals surface area contributed by atoms with Crippen molar-refractivity contribution in [3.05, 3.63) is 35.4 Å². The van der Waals surface area contributed by atoms with Crippen LogP contribution in [-0.2, 0) is 11.3 Å². The number of methoxy groups -OCH3 is 1. The number of nitrogens with one attached hydrogen (secondary N) is 1. The van der Waals surface area contributed by atoms with Gasteiger partial charge in [-0.2, -0.15) is 0 Å². The van der Waals surface area contributed by atoms with Crippen LogP contribution >= 0.6 is 0 Å². The topological polar surface area (TPSA) is 41.5 Å². The number of hydrogen-bond acceptors (Lipinski definition) is 3. The van der Waals surface area contributed by atoms with Crippen molar-refractivity contribution in [2.45, 2.75) is 19.6 Å². The van der Waals surface area contributed by atoms with Gasteiger partial charge in [-0.15, -0.1) is 0 Å². The number of aliphatic hydroxyl groups is 1. The lowest BCUT2D eigenvalue weighted by Gasteiger charge is -2.15. The maximum Gasteiger partial charge on any atom is 0.0917 e. The molecule has 0 saturated heterocycles. The molecule has 1 aromatic carbocycles. The van der Waals surface area contributed by atoms with E-state index in [1.807, 2.05) is 31.2 Å². The normalized spacial score (nSPS) is 12.7. The third-order valence-corrected chi connectivity index (χ3v) is 2.30. The minimum Gasteiger partial charge on any atom is -0.387 e. The average molecular weight is 209 g/mol. The van der Waals surface area contributed by atoms with E-state index in [4.69, 9.17) is 4.74 Å². The fourth-order valence-corrected chi connectivity index (χ4v) is 1.54. The van der Waals surface area contributed by atoms with Gasteiger partial charge in [0.05, 0.1) is 12.7 Å². The summed E-state index contributed by atoms with van der Waals surface area (Å²) in [6, 6.07) is 7.81. The van der Waals surface area contributed by atoms with E-state index in [0.717, 1.165) is 17.7 Å². The largest absolute Gasteiger partial charge is 0.387 e. The molecule has 0 fully saturated rings. The van der Waals surface area contributed by atoms with Crippen molar-refractivity contribution in [2.24, 2.45) is 0 Å². The monoisotopic (exact) mass is 209 g/mol. The predicted molar refractivity (Wildman–Crippen MR) is 60.7 cm³/mol. The Labute approximate surface area is 91.1 Å². The number of hydrogen-bond donors (Lipinski definition) is 2. The van der Waals surface area contributed by atoms with E-state index in [1.54, 1.807) is 7.11 Å². The van der Waals surface area contributed by atoms with Crippen LogP contribution in [-0.4, -0.2) is 25.3 Å². The molecule has 0 bridgehead atoms. The Morgan fingerprint density at radius 1 is 1.40 bits per heavy atom. The van der Waals surface area contributed by atoms with Crippen LogP contribution in [0.1, 0.15) is 24.2 Å². The van der Waals surface area contributed by atoms with E-state index in [2.05, 4.69) is 5.32 Å². The number of rotatable bonds is 6. The molecular weight excluding hydrogens is 190 g/mol. The molecule has 1 aromatic rings. The summed E-state index contributed by atoms with van der Waals surface area (Å²) in [5.41, 5.74) is 1.99. The van der Waals surface area contributed by atoms with Crippen LogP contribution in [0.2, 0.25) is 0 Å². The van der Waals surface area contributed by atoms with Crippen LogP contribution in [0.4, 0.5) is 0 Å². The zero-order valence-electron chi connectivity index (χ0n) is 9.36. The van der Waals surface area contributed by atoms with Crippen molar-refractivity contribution in [1.82, 2.24) is 5.32 Å². The Bertz CT molecular complexity index is 289. The number of aliphatic hydroxyl groups excluding tert-OH is 1. The molecule has 1 atom stereocenters. The summed E-state index contributed by atoms with van der Waals surface area (Å²) in [4.78, 5) is 0. The SMILES string of the molecule is CCNCC(O)c1ccccc1COC. The Kier molecular flexibility index (Phi) is 5.32. The van der Waals surface area contributed by atoms with Gasteiger partial charge >= 0.3 is 0 Å².